The minimum atomic E-state index is 0.146. The van der Waals surface area contributed by atoms with Gasteiger partial charge < -0.3 is 10.6 Å². The predicted molar refractivity (Wildman–Crippen MR) is 74.3 cm³/mol. The minimum absolute atomic E-state index is 0.146. The van der Waals surface area contributed by atoms with Crippen LogP contribution in [0.5, 0.6) is 0 Å². The largest absolute Gasteiger partial charge is 0.371 e. The lowest BCUT2D eigenvalue weighted by Crippen LogP contribution is -2.31. The van der Waals surface area contributed by atoms with Gasteiger partial charge in [-0.2, -0.15) is 0 Å². The Morgan fingerprint density at radius 2 is 1.71 bits per heavy atom. The summed E-state index contributed by atoms with van der Waals surface area (Å²) in [4.78, 5) is 2.50. The summed E-state index contributed by atoms with van der Waals surface area (Å²) in [5, 5.41) is 0. The molecule has 1 aliphatic heterocycles. The van der Waals surface area contributed by atoms with Crippen molar-refractivity contribution < 1.29 is 0 Å². The number of hydrogen-bond acceptors (Lipinski definition) is 2. The van der Waals surface area contributed by atoms with Gasteiger partial charge in [0.25, 0.3) is 0 Å². The van der Waals surface area contributed by atoms with Crippen LogP contribution in [-0.2, 0) is 0 Å². The maximum atomic E-state index is 6.32. The third kappa shape index (κ3) is 2.81. The molecule has 1 fully saturated rings. The van der Waals surface area contributed by atoms with Gasteiger partial charge in [0.15, 0.2) is 0 Å². The summed E-state index contributed by atoms with van der Waals surface area (Å²) in [6, 6.07) is 8.79. The number of benzene rings is 1. The lowest BCUT2D eigenvalue weighted by Gasteiger charge is -2.32. The van der Waals surface area contributed by atoms with E-state index in [0.29, 0.717) is 5.92 Å². The first-order valence-corrected chi connectivity index (χ1v) is 6.79. The monoisotopic (exact) mass is 232 g/mol. The van der Waals surface area contributed by atoms with Crippen LogP contribution in [0.2, 0.25) is 0 Å². The quantitative estimate of drug-likeness (QED) is 0.866. The van der Waals surface area contributed by atoms with Gasteiger partial charge >= 0.3 is 0 Å². The molecule has 17 heavy (non-hydrogen) atoms. The van der Waals surface area contributed by atoms with E-state index in [1.807, 2.05) is 0 Å². The highest BCUT2D eigenvalue weighted by molar-refractivity contribution is 5.55. The summed E-state index contributed by atoms with van der Waals surface area (Å²) >= 11 is 0. The van der Waals surface area contributed by atoms with Gasteiger partial charge in [-0.1, -0.05) is 32.0 Å². The highest BCUT2D eigenvalue weighted by atomic mass is 15.1. The molecule has 0 spiro atoms. The lowest BCUT2D eigenvalue weighted by molar-refractivity contribution is 0.509. The van der Waals surface area contributed by atoms with E-state index in [2.05, 4.69) is 43.0 Å². The topological polar surface area (TPSA) is 29.3 Å². The van der Waals surface area contributed by atoms with Gasteiger partial charge in [0.1, 0.15) is 0 Å². The van der Waals surface area contributed by atoms with Crippen molar-refractivity contribution in [3.8, 4) is 0 Å². The second-order valence-corrected chi connectivity index (χ2v) is 5.38. The standard InChI is InChI=1S/C15H24N2/c1-12(2)15(16)13-8-4-5-9-14(13)17-10-6-3-7-11-17/h4-5,8-9,12,15H,3,6-7,10-11,16H2,1-2H3. The molecule has 1 aliphatic rings. The van der Waals surface area contributed by atoms with E-state index < -0.39 is 0 Å². The fourth-order valence-electron chi connectivity index (χ4n) is 2.55. The summed E-state index contributed by atoms with van der Waals surface area (Å²) in [5.74, 6) is 0.487. The van der Waals surface area contributed by atoms with E-state index in [0.717, 1.165) is 0 Å². The zero-order chi connectivity index (χ0) is 12.3. The Kier molecular flexibility index (Phi) is 4.06. The fraction of sp³-hybridized carbons (Fsp3) is 0.600. The van der Waals surface area contributed by atoms with Crippen molar-refractivity contribution in [2.24, 2.45) is 11.7 Å². The van der Waals surface area contributed by atoms with Crippen molar-refractivity contribution in [1.29, 1.82) is 0 Å². The van der Waals surface area contributed by atoms with Crippen LogP contribution in [-0.4, -0.2) is 13.1 Å². The summed E-state index contributed by atoms with van der Waals surface area (Å²) in [7, 11) is 0. The van der Waals surface area contributed by atoms with Crippen molar-refractivity contribution in [2.45, 2.75) is 39.2 Å². The Balaban J connectivity index is 2.26. The molecule has 1 aromatic rings. The Morgan fingerprint density at radius 3 is 2.35 bits per heavy atom. The molecular formula is C15H24N2. The third-order valence-corrected chi connectivity index (χ3v) is 3.71. The maximum Gasteiger partial charge on any atom is 0.0414 e. The van der Waals surface area contributed by atoms with Gasteiger partial charge in [-0.3, -0.25) is 0 Å². The first-order valence-electron chi connectivity index (χ1n) is 6.79. The molecule has 0 saturated carbocycles. The summed E-state index contributed by atoms with van der Waals surface area (Å²) in [5.41, 5.74) is 8.98. The van der Waals surface area contributed by atoms with E-state index in [1.54, 1.807) is 0 Å². The highest BCUT2D eigenvalue weighted by Crippen LogP contribution is 2.30. The van der Waals surface area contributed by atoms with Crippen LogP contribution in [0.4, 0.5) is 5.69 Å². The smallest absolute Gasteiger partial charge is 0.0414 e. The van der Waals surface area contributed by atoms with Gasteiger partial charge in [0.2, 0.25) is 0 Å². The van der Waals surface area contributed by atoms with Crippen LogP contribution < -0.4 is 10.6 Å². The molecule has 1 aromatic carbocycles. The molecule has 0 bridgehead atoms. The second-order valence-electron chi connectivity index (χ2n) is 5.38. The van der Waals surface area contributed by atoms with E-state index in [4.69, 9.17) is 5.73 Å². The molecule has 1 atom stereocenters. The molecule has 0 aromatic heterocycles. The molecular weight excluding hydrogens is 208 g/mol. The molecule has 2 heteroatoms. The van der Waals surface area contributed by atoms with Gasteiger partial charge in [0, 0.05) is 24.8 Å². The third-order valence-electron chi connectivity index (χ3n) is 3.71. The number of rotatable bonds is 3. The van der Waals surface area contributed by atoms with Crippen molar-refractivity contribution in [1.82, 2.24) is 0 Å². The van der Waals surface area contributed by atoms with Gasteiger partial charge in [-0.05, 0) is 36.8 Å². The van der Waals surface area contributed by atoms with Crippen molar-refractivity contribution >= 4 is 5.69 Å². The van der Waals surface area contributed by atoms with Crippen LogP contribution in [0.3, 0.4) is 0 Å². The number of anilines is 1. The van der Waals surface area contributed by atoms with Crippen LogP contribution in [0.15, 0.2) is 24.3 Å². The summed E-state index contributed by atoms with van der Waals surface area (Å²) in [6.45, 7) is 6.75. The maximum absolute atomic E-state index is 6.32. The number of hydrogen-bond donors (Lipinski definition) is 1. The second kappa shape index (κ2) is 5.54. The molecule has 2 N–H and O–H groups in total. The Bertz CT molecular complexity index is 354. The minimum Gasteiger partial charge on any atom is -0.371 e. The molecule has 0 aliphatic carbocycles. The van der Waals surface area contributed by atoms with Crippen LogP contribution in [0.1, 0.15) is 44.7 Å². The van der Waals surface area contributed by atoms with Crippen LogP contribution in [0.25, 0.3) is 0 Å². The SMILES string of the molecule is CC(C)C(N)c1ccccc1N1CCCCC1. The number of nitrogens with two attached hydrogens (primary N) is 1. The number of para-hydroxylation sites is 1. The Hall–Kier alpha value is -1.02. The van der Waals surface area contributed by atoms with Crippen molar-refractivity contribution in [3.63, 3.8) is 0 Å². The molecule has 1 heterocycles. The van der Waals surface area contributed by atoms with Gasteiger partial charge in [0.05, 0.1) is 0 Å². The van der Waals surface area contributed by atoms with Gasteiger partial charge in [-0.25, -0.2) is 0 Å². The molecule has 0 amide bonds. The zero-order valence-electron chi connectivity index (χ0n) is 11.0. The van der Waals surface area contributed by atoms with E-state index >= 15 is 0 Å². The van der Waals surface area contributed by atoms with Gasteiger partial charge in [-0.15, -0.1) is 0 Å². The molecule has 2 nitrogen and oxygen atoms in total. The van der Waals surface area contributed by atoms with Crippen molar-refractivity contribution in [2.75, 3.05) is 18.0 Å². The average molecular weight is 232 g/mol. The molecule has 94 valence electrons. The first-order chi connectivity index (χ1) is 8.20. The molecule has 1 saturated heterocycles. The van der Waals surface area contributed by atoms with E-state index in [1.165, 1.54) is 43.6 Å². The summed E-state index contributed by atoms with van der Waals surface area (Å²) in [6.07, 6.45) is 3.99. The normalized spacial score (nSPS) is 18.5. The molecule has 1 unspecified atom stereocenters. The average Bonchev–Trinajstić information content (AvgIpc) is 2.39. The first kappa shape index (κ1) is 12.4. The molecule has 2 rings (SSSR count). The van der Waals surface area contributed by atoms with Crippen molar-refractivity contribution in [3.05, 3.63) is 29.8 Å². The fourth-order valence-corrected chi connectivity index (χ4v) is 2.55. The predicted octanol–water partition coefficient (Wildman–Crippen LogP) is 3.33. The van der Waals surface area contributed by atoms with Crippen LogP contribution in [0, 0.1) is 5.92 Å². The Labute approximate surface area is 105 Å². The van der Waals surface area contributed by atoms with E-state index in [9.17, 15) is 0 Å². The Morgan fingerprint density at radius 1 is 1.06 bits per heavy atom. The summed E-state index contributed by atoms with van der Waals surface area (Å²) < 4.78 is 0. The van der Waals surface area contributed by atoms with E-state index in [-0.39, 0.29) is 6.04 Å². The van der Waals surface area contributed by atoms with Crippen LogP contribution >= 0.6 is 0 Å². The number of piperidine rings is 1. The highest BCUT2D eigenvalue weighted by Gasteiger charge is 2.19. The lowest BCUT2D eigenvalue weighted by atomic mass is 9.94. The zero-order valence-corrected chi connectivity index (χ0v) is 11.0. The number of nitrogens with zero attached hydrogens (tertiary/aromatic N) is 1. The molecule has 0 radical (unpaired) electrons.